The number of hydrogen-bond donors (Lipinski definition) is 3. The number of carbonyl (C=O) groups excluding carboxylic acids is 2. The Bertz CT molecular complexity index is 669. The topological polar surface area (TPSA) is 84.2 Å². The minimum absolute atomic E-state index is 0.253. The highest BCUT2D eigenvalue weighted by molar-refractivity contribution is 5.95. The number of benzene rings is 2. The number of halogens is 1. The lowest BCUT2D eigenvalue weighted by Crippen LogP contribution is -2.26. The predicted octanol–water partition coefficient (Wildman–Crippen LogP) is 2.81. The SMILES string of the molecule is CC(NC(=O)c1ccc(NC(N)=O)cc1)c1ccc(F)cc1. The zero-order chi connectivity index (χ0) is 16.1. The van der Waals surface area contributed by atoms with Crippen LogP contribution in [0.25, 0.3) is 0 Å². The molecule has 0 heterocycles. The first-order chi connectivity index (χ1) is 10.5. The van der Waals surface area contributed by atoms with E-state index < -0.39 is 6.03 Å². The maximum atomic E-state index is 12.9. The standard InChI is InChI=1S/C16H16FN3O2/c1-10(11-2-6-13(17)7-3-11)19-15(21)12-4-8-14(9-5-12)20-16(18)22/h2-10H,1H3,(H,19,21)(H3,18,20,22). The van der Waals surface area contributed by atoms with Crippen LogP contribution in [0.3, 0.4) is 0 Å². The molecule has 2 rings (SSSR count). The van der Waals surface area contributed by atoms with Gasteiger partial charge in [0.1, 0.15) is 5.82 Å². The Morgan fingerprint density at radius 1 is 1.05 bits per heavy atom. The summed E-state index contributed by atoms with van der Waals surface area (Å²) in [6, 6.07) is 11.4. The number of hydrogen-bond acceptors (Lipinski definition) is 2. The van der Waals surface area contributed by atoms with Gasteiger partial charge in [-0.15, -0.1) is 0 Å². The largest absolute Gasteiger partial charge is 0.351 e. The lowest BCUT2D eigenvalue weighted by Gasteiger charge is -2.14. The van der Waals surface area contributed by atoms with Gasteiger partial charge in [-0.1, -0.05) is 12.1 Å². The minimum atomic E-state index is -0.665. The fourth-order valence-corrected chi connectivity index (χ4v) is 1.96. The zero-order valence-electron chi connectivity index (χ0n) is 12.0. The lowest BCUT2D eigenvalue weighted by atomic mass is 10.1. The molecule has 4 N–H and O–H groups in total. The molecule has 3 amide bonds. The van der Waals surface area contributed by atoms with Gasteiger partial charge in [0.05, 0.1) is 6.04 Å². The van der Waals surface area contributed by atoms with Crippen molar-refractivity contribution in [1.29, 1.82) is 0 Å². The molecular weight excluding hydrogens is 285 g/mol. The molecule has 22 heavy (non-hydrogen) atoms. The highest BCUT2D eigenvalue weighted by Crippen LogP contribution is 2.15. The molecule has 0 bridgehead atoms. The van der Waals surface area contributed by atoms with Crippen LogP contribution in [0.5, 0.6) is 0 Å². The average Bonchev–Trinajstić information content (AvgIpc) is 2.48. The molecule has 1 unspecified atom stereocenters. The monoisotopic (exact) mass is 301 g/mol. The molecule has 0 aliphatic heterocycles. The summed E-state index contributed by atoms with van der Waals surface area (Å²) in [4.78, 5) is 22.9. The van der Waals surface area contributed by atoms with Crippen LogP contribution in [0.2, 0.25) is 0 Å². The van der Waals surface area contributed by atoms with Gasteiger partial charge in [-0.2, -0.15) is 0 Å². The third kappa shape index (κ3) is 4.05. The van der Waals surface area contributed by atoms with Crippen molar-refractivity contribution in [2.24, 2.45) is 5.73 Å². The number of rotatable bonds is 4. The normalized spacial score (nSPS) is 11.5. The smallest absolute Gasteiger partial charge is 0.316 e. The Morgan fingerprint density at radius 2 is 1.64 bits per heavy atom. The fourth-order valence-electron chi connectivity index (χ4n) is 1.96. The van der Waals surface area contributed by atoms with E-state index >= 15 is 0 Å². The number of urea groups is 1. The van der Waals surface area contributed by atoms with Crippen LogP contribution in [0.4, 0.5) is 14.9 Å². The molecule has 0 radical (unpaired) electrons. The summed E-state index contributed by atoms with van der Waals surface area (Å²) < 4.78 is 12.9. The van der Waals surface area contributed by atoms with Crippen LogP contribution >= 0.6 is 0 Å². The minimum Gasteiger partial charge on any atom is -0.351 e. The van der Waals surface area contributed by atoms with Crippen molar-refractivity contribution in [3.8, 4) is 0 Å². The molecule has 0 fully saturated rings. The highest BCUT2D eigenvalue weighted by Gasteiger charge is 2.11. The van der Waals surface area contributed by atoms with E-state index in [0.29, 0.717) is 11.3 Å². The molecule has 2 aromatic rings. The van der Waals surface area contributed by atoms with E-state index in [1.165, 1.54) is 12.1 Å². The molecule has 0 aromatic heterocycles. The van der Waals surface area contributed by atoms with Gasteiger partial charge in [0, 0.05) is 11.3 Å². The van der Waals surface area contributed by atoms with Gasteiger partial charge in [-0.3, -0.25) is 4.79 Å². The number of carbonyl (C=O) groups is 2. The summed E-state index contributed by atoms with van der Waals surface area (Å²) in [6.45, 7) is 1.81. The molecule has 0 aliphatic rings. The van der Waals surface area contributed by atoms with Crippen molar-refractivity contribution in [2.45, 2.75) is 13.0 Å². The second-order valence-corrected chi connectivity index (χ2v) is 4.81. The van der Waals surface area contributed by atoms with Crippen LogP contribution in [-0.4, -0.2) is 11.9 Å². The Balaban J connectivity index is 2.02. The first kappa shape index (κ1) is 15.5. The lowest BCUT2D eigenvalue weighted by molar-refractivity contribution is 0.0940. The summed E-state index contributed by atoms with van der Waals surface area (Å²) in [7, 11) is 0. The van der Waals surface area contributed by atoms with Gasteiger partial charge in [0.25, 0.3) is 5.91 Å². The molecule has 114 valence electrons. The van der Waals surface area contributed by atoms with Crippen molar-refractivity contribution >= 4 is 17.6 Å². The Morgan fingerprint density at radius 3 is 2.18 bits per heavy atom. The van der Waals surface area contributed by atoms with E-state index in [1.807, 2.05) is 6.92 Å². The van der Waals surface area contributed by atoms with Crippen LogP contribution in [0.1, 0.15) is 28.9 Å². The summed E-state index contributed by atoms with van der Waals surface area (Å²) in [6.07, 6.45) is 0. The molecular formula is C16H16FN3O2. The van der Waals surface area contributed by atoms with Crippen LogP contribution < -0.4 is 16.4 Å². The third-order valence-electron chi connectivity index (χ3n) is 3.13. The summed E-state index contributed by atoms with van der Waals surface area (Å²) in [5, 5.41) is 5.23. The van der Waals surface area contributed by atoms with Crippen molar-refractivity contribution in [3.05, 3.63) is 65.5 Å². The Hall–Kier alpha value is -2.89. The van der Waals surface area contributed by atoms with Gasteiger partial charge in [0.15, 0.2) is 0 Å². The summed E-state index contributed by atoms with van der Waals surface area (Å²) >= 11 is 0. The Kier molecular flexibility index (Phi) is 4.73. The molecule has 1 atom stereocenters. The number of primary amides is 1. The van der Waals surface area contributed by atoms with E-state index in [9.17, 15) is 14.0 Å². The van der Waals surface area contributed by atoms with Crippen LogP contribution in [0, 0.1) is 5.82 Å². The van der Waals surface area contributed by atoms with Crippen LogP contribution in [0.15, 0.2) is 48.5 Å². The van der Waals surface area contributed by atoms with Gasteiger partial charge < -0.3 is 16.4 Å². The summed E-state index contributed by atoms with van der Waals surface area (Å²) in [5.74, 6) is -0.581. The van der Waals surface area contributed by atoms with Crippen molar-refractivity contribution < 1.29 is 14.0 Å². The number of anilines is 1. The fraction of sp³-hybridized carbons (Fsp3) is 0.125. The predicted molar refractivity (Wildman–Crippen MR) is 81.9 cm³/mol. The first-order valence-electron chi connectivity index (χ1n) is 6.68. The first-order valence-corrected chi connectivity index (χ1v) is 6.68. The number of nitrogens with two attached hydrogens (primary N) is 1. The molecule has 2 aromatic carbocycles. The van der Waals surface area contributed by atoms with Gasteiger partial charge in [-0.25, -0.2) is 9.18 Å². The van der Waals surface area contributed by atoms with Gasteiger partial charge in [-0.05, 0) is 48.9 Å². The maximum absolute atomic E-state index is 12.9. The third-order valence-corrected chi connectivity index (χ3v) is 3.13. The summed E-state index contributed by atoms with van der Waals surface area (Å²) in [5.41, 5.74) is 6.77. The molecule has 0 spiro atoms. The molecule has 6 heteroatoms. The van der Waals surface area contributed by atoms with E-state index in [4.69, 9.17) is 5.73 Å². The van der Waals surface area contributed by atoms with Gasteiger partial charge >= 0.3 is 6.03 Å². The van der Waals surface area contributed by atoms with E-state index in [1.54, 1.807) is 36.4 Å². The molecule has 0 aliphatic carbocycles. The quantitative estimate of drug-likeness (QED) is 0.811. The number of nitrogens with one attached hydrogen (secondary N) is 2. The highest BCUT2D eigenvalue weighted by atomic mass is 19.1. The second kappa shape index (κ2) is 6.71. The molecule has 5 nitrogen and oxygen atoms in total. The Labute approximate surface area is 127 Å². The molecule has 0 saturated heterocycles. The average molecular weight is 301 g/mol. The van der Waals surface area contributed by atoms with Crippen molar-refractivity contribution in [1.82, 2.24) is 5.32 Å². The van der Waals surface area contributed by atoms with Crippen LogP contribution in [-0.2, 0) is 0 Å². The zero-order valence-corrected chi connectivity index (χ0v) is 12.0. The molecule has 0 saturated carbocycles. The van der Waals surface area contributed by atoms with E-state index in [2.05, 4.69) is 10.6 Å². The van der Waals surface area contributed by atoms with Gasteiger partial charge in [0.2, 0.25) is 0 Å². The van der Waals surface area contributed by atoms with E-state index in [0.717, 1.165) is 5.56 Å². The van der Waals surface area contributed by atoms with Crippen molar-refractivity contribution in [3.63, 3.8) is 0 Å². The maximum Gasteiger partial charge on any atom is 0.316 e. The second-order valence-electron chi connectivity index (χ2n) is 4.81. The van der Waals surface area contributed by atoms with E-state index in [-0.39, 0.29) is 17.8 Å². The van der Waals surface area contributed by atoms with Crippen molar-refractivity contribution in [2.75, 3.05) is 5.32 Å². The number of amides is 3.